The number of methoxy groups -OCH3 is 2. The minimum absolute atomic E-state index is 0.313. The highest BCUT2D eigenvalue weighted by Gasteiger charge is 2.34. The monoisotopic (exact) mass is 313 g/mol. The number of fused-ring (bicyclic) bond motifs is 1. The molecular formula is C18H19NO4. The van der Waals surface area contributed by atoms with E-state index in [0.29, 0.717) is 17.1 Å². The summed E-state index contributed by atoms with van der Waals surface area (Å²) in [4.78, 5) is 14.2. The fraction of sp³-hybridized carbons (Fsp3) is 0.278. The van der Waals surface area contributed by atoms with Gasteiger partial charge in [-0.25, -0.2) is 4.79 Å². The van der Waals surface area contributed by atoms with Crippen LogP contribution in [0.4, 0.5) is 5.69 Å². The molecule has 1 unspecified atom stereocenters. The van der Waals surface area contributed by atoms with Crippen molar-refractivity contribution in [1.82, 2.24) is 0 Å². The minimum atomic E-state index is -0.463. The molecule has 3 rings (SSSR count). The standard InChI is InChI=1S/C18H19NO4/c1-19(2)11-5-7-13-15(9-11)18(20)23-17(13)14-8-6-12(21-3)10-16(14)22-4/h5-10,17H,1-4H3. The van der Waals surface area contributed by atoms with Crippen molar-refractivity contribution in [3.05, 3.63) is 53.1 Å². The normalized spacial score (nSPS) is 15.8. The number of nitrogens with zero attached hydrogens (tertiary/aromatic N) is 1. The fourth-order valence-electron chi connectivity index (χ4n) is 2.73. The Balaban J connectivity index is 2.06. The first kappa shape index (κ1) is 15.2. The first-order valence-corrected chi connectivity index (χ1v) is 7.29. The van der Waals surface area contributed by atoms with Crippen LogP contribution in [0.15, 0.2) is 36.4 Å². The van der Waals surface area contributed by atoms with Crippen molar-refractivity contribution in [2.75, 3.05) is 33.2 Å². The molecule has 0 bridgehead atoms. The topological polar surface area (TPSA) is 48.0 Å². The molecule has 0 amide bonds. The zero-order valence-corrected chi connectivity index (χ0v) is 13.6. The molecule has 1 heterocycles. The van der Waals surface area contributed by atoms with Gasteiger partial charge in [0.05, 0.1) is 19.8 Å². The fourth-order valence-corrected chi connectivity index (χ4v) is 2.73. The first-order chi connectivity index (χ1) is 11.0. The van der Waals surface area contributed by atoms with Crippen molar-refractivity contribution >= 4 is 11.7 Å². The number of cyclic esters (lactones) is 1. The summed E-state index contributed by atoms with van der Waals surface area (Å²) in [5.74, 6) is 1.01. The second-order valence-corrected chi connectivity index (χ2v) is 5.56. The number of ether oxygens (including phenoxy) is 3. The van der Waals surface area contributed by atoms with Gasteiger partial charge in [-0.15, -0.1) is 0 Å². The van der Waals surface area contributed by atoms with Crippen LogP contribution < -0.4 is 14.4 Å². The third kappa shape index (κ3) is 2.59. The van der Waals surface area contributed by atoms with Crippen LogP contribution in [0, 0.1) is 0 Å². The Kier molecular flexibility index (Phi) is 3.86. The molecule has 0 aromatic heterocycles. The van der Waals surface area contributed by atoms with Gasteiger partial charge < -0.3 is 19.1 Å². The average molecular weight is 313 g/mol. The van der Waals surface area contributed by atoms with Crippen molar-refractivity contribution in [1.29, 1.82) is 0 Å². The number of rotatable bonds is 4. The number of hydrogen-bond acceptors (Lipinski definition) is 5. The van der Waals surface area contributed by atoms with Crippen molar-refractivity contribution in [2.24, 2.45) is 0 Å². The second kappa shape index (κ2) is 5.83. The molecule has 0 radical (unpaired) electrons. The van der Waals surface area contributed by atoms with Gasteiger partial charge in [0.1, 0.15) is 11.5 Å². The maximum Gasteiger partial charge on any atom is 0.339 e. The number of carbonyl (C=O) groups excluding carboxylic acids is 1. The lowest BCUT2D eigenvalue weighted by Gasteiger charge is -2.17. The van der Waals surface area contributed by atoms with Crippen molar-refractivity contribution < 1.29 is 19.0 Å². The number of anilines is 1. The Morgan fingerprint density at radius 1 is 1.00 bits per heavy atom. The number of hydrogen-bond donors (Lipinski definition) is 0. The minimum Gasteiger partial charge on any atom is -0.497 e. The molecule has 5 nitrogen and oxygen atoms in total. The molecule has 0 aliphatic carbocycles. The summed E-state index contributed by atoms with van der Waals surface area (Å²) in [6.45, 7) is 0. The Morgan fingerprint density at radius 3 is 2.39 bits per heavy atom. The van der Waals surface area contributed by atoms with E-state index in [0.717, 1.165) is 16.8 Å². The summed E-state index contributed by atoms with van der Waals surface area (Å²) in [6.07, 6.45) is -0.463. The van der Waals surface area contributed by atoms with E-state index in [1.807, 2.05) is 49.3 Å². The third-order valence-electron chi connectivity index (χ3n) is 4.00. The van der Waals surface area contributed by atoms with Crippen LogP contribution in [0.3, 0.4) is 0 Å². The molecule has 1 aliphatic heterocycles. The van der Waals surface area contributed by atoms with Crippen LogP contribution in [0.2, 0.25) is 0 Å². The number of carbonyl (C=O) groups is 1. The lowest BCUT2D eigenvalue weighted by Crippen LogP contribution is -2.09. The van der Waals surface area contributed by atoms with Crippen molar-refractivity contribution in [3.8, 4) is 11.5 Å². The zero-order chi connectivity index (χ0) is 16.6. The van der Waals surface area contributed by atoms with E-state index in [-0.39, 0.29) is 5.97 Å². The lowest BCUT2D eigenvalue weighted by molar-refractivity contribution is 0.0452. The van der Waals surface area contributed by atoms with E-state index >= 15 is 0 Å². The predicted molar refractivity (Wildman–Crippen MR) is 87.6 cm³/mol. The van der Waals surface area contributed by atoms with Gasteiger partial charge in [0.25, 0.3) is 0 Å². The van der Waals surface area contributed by atoms with Crippen LogP contribution in [-0.4, -0.2) is 34.3 Å². The van der Waals surface area contributed by atoms with Gasteiger partial charge in [-0.05, 0) is 24.3 Å². The number of benzene rings is 2. The molecule has 0 fully saturated rings. The molecule has 2 aromatic rings. The van der Waals surface area contributed by atoms with Gasteiger partial charge in [0, 0.05) is 37.0 Å². The van der Waals surface area contributed by atoms with Crippen LogP contribution in [-0.2, 0) is 4.74 Å². The van der Waals surface area contributed by atoms with Crippen molar-refractivity contribution in [3.63, 3.8) is 0 Å². The molecule has 0 N–H and O–H groups in total. The molecular weight excluding hydrogens is 294 g/mol. The average Bonchev–Trinajstić information content (AvgIpc) is 2.90. The van der Waals surface area contributed by atoms with E-state index in [4.69, 9.17) is 14.2 Å². The predicted octanol–water partition coefficient (Wildman–Crippen LogP) is 3.03. The van der Waals surface area contributed by atoms with Gasteiger partial charge in [0.15, 0.2) is 6.10 Å². The van der Waals surface area contributed by atoms with E-state index in [9.17, 15) is 4.79 Å². The molecule has 120 valence electrons. The summed E-state index contributed by atoms with van der Waals surface area (Å²) >= 11 is 0. The van der Waals surface area contributed by atoms with Gasteiger partial charge in [-0.3, -0.25) is 0 Å². The molecule has 0 saturated carbocycles. The van der Waals surface area contributed by atoms with Gasteiger partial charge >= 0.3 is 5.97 Å². The van der Waals surface area contributed by atoms with Gasteiger partial charge in [0.2, 0.25) is 0 Å². The van der Waals surface area contributed by atoms with Crippen LogP contribution >= 0.6 is 0 Å². The van der Waals surface area contributed by atoms with E-state index in [2.05, 4.69) is 0 Å². The smallest absolute Gasteiger partial charge is 0.339 e. The van der Waals surface area contributed by atoms with Crippen LogP contribution in [0.1, 0.15) is 27.6 Å². The molecule has 0 spiro atoms. The third-order valence-corrected chi connectivity index (χ3v) is 4.00. The van der Waals surface area contributed by atoms with Gasteiger partial charge in [-0.2, -0.15) is 0 Å². The SMILES string of the molecule is COc1ccc(C2OC(=O)c3cc(N(C)C)ccc32)c(OC)c1. The zero-order valence-electron chi connectivity index (χ0n) is 13.6. The maximum absolute atomic E-state index is 12.2. The Bertz CT molecular complexity index is 755. The highest BCUT2D eigenvalue weighted by Crippen LogP contribution is 2.41. The van der Waals surface area contributed by atoms with Crippen LogP contribution in [0.25, 0.3) is 0 Å². The highest BCUT2D eigenvalue weighted by atomic mass is 16.6. The molecule has 0 saturated heterocycles. The first-order valence-electron chi connectivity index (χ1n) is 7.29. The highest BCUT2D eigenvalue weighted by molar-refractivity contribution is 5.95. The molecule has 5 heteroatoms. The summed E-state index contributed by atoms with van der Waals surface area (Å²) in [5, 5.41) is 0. The van der Waals surface area contributed by atoms with Crippen LogP contribution in [0.5, 0.6) is 11.5 Å². The van der Waals surface area contributed by atoms with E-state index in [1.54, 1.807) is 20.3 Å². The molecule has 23 heavy (non-hydrogen) atoms. The van der Waals surface area contributed by atoms with E-state index < -0.39 is 6.10 Å². The van der Waals surface area contributed by atoms with Gasteiger partial charge in [-0.1, -0.05) is 6.07 Å². The van der Waals surface area contributed by atoms with E-state index in [1.165, 1.54) is 0 Å². The Morgan fingerprint density at radius 2 is 1.74 bits per heavy atom. The lowest BCUT2D eigenvalue weighted by atomic mass is 9.98. The van der Waals surface area contributed by atoms with Crippen molar-refractivity contribution in [2.45, 2.75) is 6.10 Å². The summed E-state index contributed by atoms with van der Waals surface area (Å²) in [5.41, 5.74) is 3.21. The molecule has 2 aromatic carbocycles. The molecule has 1 atom stereocenters. The summed E-state index contributed by atoms with van der Waals surface area (Å²) in [6, 6.07) is 11.2. The second-order valence-electron chi connectivity index (χ2n) is 5.56. The maximum atomic E-state index is 12.2. The quantitative estimate of drug-likeness (QED) is 0.812. The Labute approximate surface area is 135 Å². The largest absolute Gasteiger partial charge is 0.497 e. The Hall–Kier alpha value is -2.69. The molecule has 1 aliphatic rings. The summed E-state index contributed by atoms with van der Waals surface area (Å²) in [7, 11) is 7.06. The number of esters is 1. The summed E-state index contributed by atoms with van der Waals surface area (Å²) < 4.78 is 16.2.